The van der Waals surface area contributed by atoms with Gasteiger partial charge in [-0.05, 0) is 37.5 Å². The average Bonchev–Trinajstić information content (AvgIpc) is 2.38. The average molecular weight is 263 g/mol. The molecule has 0 saturated carbocycles. The van der Waals surface area contributed by atoms with E-state index in [-0.39, 0.29) is 23.8 Å². The molecule has 2 N–H and O–H groups in total. The van der Waals surface area contributed by atoms with Crippen LogP contribution in [0.5, 0.6) is 5.75 Å². The van der Waals surface area contributed by atoms with Crippen molar-refractivity contribution in [2.45, 2.75) is 19.8 Å². The molecule has 1 aliphatic heterocycles. The van der Waals surface area contributed by atoms with E-state index in [0.29, 0.717) is 19.4 Å². The van der Waals surface area contributed by atoms with Crippen molar-refractivity contribution in [1.82, 2.24) is 4.90 Å². The molecule has 1 saturated heterocycles. The monoisotopic (exact) mass is 263 g/mol. The molecular weight excluding hydrogens is 246 g/mol. The third-order valence-electron chi connectivity index (χ3n) is 3.44. The first-order valence-electron chi connectivity index (χ1n) is 6.30. The molecule has 0 radical (unpaired) electrons. The maximum atomic E-state index is 12.3. The molecule has 0 aliphatic carbocycles. The highest BCUT2D eigenvalue weighted by Gasteiger charge is 2.29. The molecule has 1 heterocycles. The van der Waals surface area contributed by atoms with Gasteiger partial charge in [-0.2, -0.15) is 0 Å². The Morgan fingerprint density at radius 3 is 2.74 bits per heavy atom. The van der Waals surface area contributed by atoms with Crippen LogP contribution in [-0.4, -0.2) is 40.1 Å². The lowest BCUT2D eigenvalue weighted by Crippen LogP contribution is -2.42. The van der Waals surface area contributed by atoms with Crippen LogP contribution in [0.3, 0.4) is 0 Å². The number of carbonyl (C=O) groups is 2. The van der Waals surface area contributed by atoms with Crippen LogP contribution in [0.2, 0.25) is 0 Å². The van der Waals surface area contributed by atoms with Gasteiger partial charge in [-0.1, -0.05) is 6.07 Å². The van der Waals surface area contributed by atoms with Gasteiger partial charge in [-0.25, -0.2) is 0 Å². The summed E-state index contributed by atoms with van der Waals surface area (Å²) in [5.41, 5.74) is 1.10. The number of carbonyl (C=O) groups excluding carboxylic acids is 1. The summed E-state index contributed by atoms with van der Waals surface area (Å²) < 4.78 is 0. The summed E-state index contributed by atoms with van der Waals surface area (Å²) in [7, 11) is 0. The van der Waals surface area contributed by atoms with Crippen molar-refractivity contribution in [1.29, 1.82) is 0 Å². The molecule has 5 heteroatoms. The number of piperidine rings is 1. The van der Waals surface area contributed by atoms with Crippen molar-refractivity contribution >= 4 is 11.9 Å². The molecule has 0 aromatic heterocycles. The minimum absolute atomic E-state index is 0.0533. The molecule has 19 heavy (non-hydrogen) atoms. The normalized spacial score (nSPS) is 19.2. The smallest absolute Gasteiger partial charge is 0.308 e. The number of aliphatic carboxylic acids is 1. The zero-order chi connectivity index (χ0) is 14.0. The van der Waals surface area contributed by atoms with Gasteiger partial charge in [-0.15, -0.1) is 0 Å². The minimum atomic E-state index is -0.870. The first-order chi connectivity index (χ1) is 8.99. The molecule has 102 valence electrons. The molecule has 0 bridgehead atoms. The molecule has 1 aliphatic rings. The van der Waals surface area contributed by atoms with Crippen LogP contribution in [0.25, 0.3) is 0 Å². The maximum absolute atomic E-state index is 12.3. The lowest BCUT2D eigenvalue weighted by molar-refractivity contribution is -0.143. The van der Waals surface area contributed by atoms with Crippen LogP contribution in [0.4, 0.5) is 0 Å². The number of phenolic OH excluding ortho intramolecular Hbond substituents is 1. The first kappa shape index (κ1) is 13.4. The van der Waals surface area contributed by atoms with Gasteiger partial charge < -0.3 is 15.1 Å². The topological polar surface area (TPSA) is 77.8 Å². The second-order valence-corrected chi connectivity index (χ2v) is 4.95. The van der Waals surface area contributed by atoms with E-state index in [4.69, 9.17) is 5.11 Å². The molecule has 1 amide bonds. The van der Waals surface area contributed by atoms with Gasteiger partial charge in [0.2, 0.25) is 0 Å². The fourth-order valence-corrected chi connectivity index (χ4v) is 2.36. The van der Waals surface area contributed by atoms with Crippen molar-refractivity contribution < 1.29 is 19.8 Å². The van der Waals surface area contributed by atoms with Crippen LogP contribution >= 0.6 is 0 Å². The third-order valence-corrected chi connectivity index (χ3v) is 3.44. The summed E-state index contributed by atoms with van der Waals surface area (Å²) in [5.74, 6) is -1.73. The lowest BCUT2D eigenvalue weighted by Gasteiger charge is -2.30. The largest absolute Gasteiger partial charge is 0.507 e. The van der Waals surface area contributed by atoms with Crippen molar-refractivity contribution in [2.75, 3.05) is 13.1 Å². The number of benzene rings is 1. The van der Waals surface area contributed by atoms with Crippen LogP contribution < -0.4 is 0 Å². The SMILES string of the molecule is Cc1ccc(C(=O)N2CCCC(C(=O)O)C2)c(O)c1. The van der Waals surface area contributed by atoms with E-state index in [1.807, 2.05) is 6.92 Å². The van der Waals surface area contributed by atoms with E-state index in [0.717, 1.165) is 5.56 Å². The second kappa shape index (κ2) is 5.30. The number of amides is 1. The summed E-state index contributed by atoms with van der Waals surface area (Å²) >= 11 is 0. The van der Waals surface area contributed by atoms with Crippen LogP contribution in [-0.2, 0) is 4.79 Å². The Labute approximate surface area is 111 Å². The Morgan fingerprint density at radius 2 is 2.11 bits per heavy atom. The maximum Gasteiger partial charge on any atom is 0.308 e. The highest BCUT2D eigenvalue weighted by molar-refractivity contribution is 5.97. The number of phenols is 1. The quantitative estimate of drug-likeness (QED) is 0.850. The van der Waals surface area contributed by atoms with Gasteiger partial charge in [-0.3, -0.25) is 9.59 Å². The van der Waals surface area contributed by atoms with E-state index < -0.39 is 11.9 Å². The molecule has 1 fully saturated rings. The molecule has 1 aromatic carbocycles. The van der Waals surface area contributed by atoms with Crippen molar-refractivity contribution in [2.24, 2.45) is 5.92 Å². The van der Waals surface area contributed by atoms with Gasteiger partial charge in [0.05, 0.1) is 11.5 Å². The summed E-state index contributed by atoms with van der Waals surface area (Å²) in [5, 5.41) is 18.8. The van der Waals surface area contributed by atoms with Gasteiger partial charge in [0, 0.05) is 13.1 Å². The predicted molar refractivity (Wildman–Crippen MR) is 69.1 cm³/mol. The predicted octanol–water partition coefficient (Wildman–Crippen LogP) is 1.64. The first-order valence-corrected chi connectivity index (χ1v) is 6.30. The Bertz CT molecular complexity index is 512. The number of carboxylic acid groups (broad SMARTS) is 1. The van der Waals surface area contributed by atoms with Crippen LogP contribution in [0.1, 0.15) is 28.8 Å². The Hall–Kier alpha value is -2.04. The lowest BCUT2D eigenvalue weighted by atomic mass is 9.97. The Kier molecular flexibility index (Phi) is 3.74. The van der Waals surface area contributed by atoms with E-state index in [1.165, 1.54) is 11.0 Å². The number of aromatic hydroxyl groups is 1. The molecule has 2 rings (SSSR count). The second-order valence-electron chi connectivity index (χ2n) is 4.95. The molecule has 5 nitrogen and oxygen atoms in total. The summed E-state index contributed by atoms with van der Waals surface area (Å²) in [4.78, 5) is 24.8. The zero-order valence-corrected chi connectivity index (χ0v) is 10.8. The number of rotatable bonds is 2. The van der Waals surface area contributed by atoms with Gasteiger partial charge in [0.25, 0.3) is 5.91 Å². The van der Waals surface area contributed by atoms with Crippen molar-refractivity contribution in [3.05, 3.63) is 29.3 Å². The number of hydrogen-bond acceptors (Lipinski definition) is 3. The van der Waals surface area contributed by atoms with Crippen molar-refractivity contribution in [3.8, 4) is 5.75 Å². The van der Waals surface area contributed by atoms with Gasteiger partial charge in [0.1, 0.15) is 5.75 Å². The molecular formula is C14H17NO4. The summed E-state index contributed by atoms with van der Waals surface area (Å²) in [6.07, 6.45) is 1.27. The van der Waals surface area contributed by atoms with E-state index >= 15 is 0 Å². The van der Waals surface area contributed by atoms with E-state index in [1.54, 1.807) is 12.1 Å². The van der Waals surface area contributed by atoms with Crippen molar-refractivity contribution in [3.63, 3.8) is 0 Å². The Morgan fingerprint density at radius 1 is 1.37 bits per heavy atom. The highest BCUT2D eigenvalue weighted by Crippen LogP contribution is 2.23. The Balaban J connectivity index is 2.17. The third kappa shape index (κ3) is 2.86. The zero-order valence-electron chi connectivity index (χ0n) is 10.8. The summed E-state index contributed by atoms with van der Waals surface area (Å²) in [6.45, 7) is 2.58. The molecule has 1 atom stereocenters. The van der Waals surface area contributed by atoms with Crippen LogP contribution in [0.15, 0.2) is 18.2 Å². The fraction of sp³-hybridized carbons (Fsp3) is 0.429. The molecule has 1 aromatic rings. The van der Waals surface area contributed by atoms with E-state index in [9.17, 15) is 14.7 Å². The standard InChI is InChI=1S/C14H17NO4/c1-9-4-5-11(12(16)7-9)13(17)15-6-2-3-10(8-15)14(18)19/h4-5,7,10,16H,2-3,6,8H2,1H3,(H,18,19). The number of likely N-dealkylation sites (tertiary alicyclic amines) is 1. The van der Waals surface area contributed by atoms with E-state index in [2.05, 4.69) is 0 Å². The molecule has 1 unspecified atom stereocenters. The summed E-state index contributed by atoms with van der Waals surface area (Å²) in [6, 6.07) is 4.87. The number of hydrogen-bond donors (Lipinski definition) is 2. The number of nitrogens with zero attached hydrogens (tertiary/aromatic N) is 1. The van der Waals surface area contributed by atoms with Crippen LogP contribution in [0, 0.1) is 12.8 Å². The van der Waals surface area contributed by atoms with Gasteiger partial charge in [0.15, 0.2) is 0 Å². The highest BCUT2D eigenvalue weighted by atomic mass is 16.4. The van der Waals surface area contributed by atoms with Gasteiger partial charge >= 0.3 is 5.97 Å². The molecule has 0 spiro atoms. The number of carboxylic acids is 1. The minimum Gasteiger partial charge on any atom is -0.507 e. The fourth-order valence-electron chi connectivity index (χ4n) is 2.36. The number of aryl methyl sites for hydroxylation is 1.